The number of benzene rings is 2. The molecule has 3 aromatic rings. The molecule has 10 heteroatoms. The van der Waals surface area contributed by atoms with E-state index in [1.165, 1.54) is 5.56 Å². The number of aromatic nitrogens is 4. The number of rotatable bonds is 7. The number of nitrogens with one attached hydrogen (secondary N) is 2. The summed E-state index contributed by atoms with van der Waals surface area (Å²) in [5, 5.41) is 23.7. The van der Waals surface area contributed by atoms with E-state index in [0.29, 0.717) is 35.4 Å². The Morgan fingerprint density at radius 2 is 1.72 bits per heavy atom. The monoisotopic (exact) mass is 507 g/mol. The van der Waals surface area contributed by atoms with Crippen LogP contribution in [0, 0.1) is 5.92 Å². The lowest BCUT2D eigenvalue weighted by molar-refractivity contribution is 0.325. The number of hydrogen-bond donors (Lipinski definition) is 3. The summed E-state index contributed by atoms with van der Waals surface area (Å²) in [6.45, 7) is 5.73. The summed E-state index contributed by atoms with van der Waals surface area (Å²) < 4.78 is 26.0. The van der Waals surface area contributed by atoms with Gasteiger partial charge in [0.05, 0.1) is 10.5 Å². The molecule has 1 aromatic heterocycles. The van der Waals surface area contributed by atoms with Crippen molar-refractivity contribution in [2.75, 3.05) is 13.1 Å². The first-order valence-corrected chi connectivity index (χ1v) is 14.2. The van der Waals surface area contributed by atoms with Crippen molar-refractivity contribution < 1.29 is 8.42 Å². The van der Waals surface area contributed by atoms with Crippen molar-refractivity contribution in [2.45, 2.75) is 61.8 Å². The molecule has 0 unspecified atom stereocenters. The predicted octanol–water partition coefficient (Wildman–Crippen LogP) is 3.45. The van der Waals surface area contributed by atoms with Gasteiger partial charge in [-0.05, 0) is 104 Å². The first-order chi connectivity index (χ1) is 17.4. The molecule has 2 heterocycles. The van der Waals surface area contributed by atoms with Gasteiger partial charge in [0.15, 0.2) is 0 Å². The molecule has 5 rings (SSSR count). The van der Waals surface area contributed by atoms with E-state index in [1.807, 2.05) is 24.3 Å². The highest BCUT2D eigenvalue weighted by molar-refractivity contribution is 7.89. The number of nitrogens with two attached hydrogens (primary N) is 1. The summed E-state index contributed by atoms with van der Waals surface area (Å²) in [5.74, 6) is 1.11. The first-order valence-electron chi connectivity index (χ1n) is 12.6. The number of tetrazole rings is 1. The average Bonchev–Trinajstić information content (AvgIpc) is 3.44. The van der Waals surface area contributed by atoms with Crippen molar-refractivity contribution in [3.8, 4) is 22.5 Å². The highest BCUT2D eigenvalue weighted by Crippen LogP contribution is 2.40. The van der Waals surface area contributed by atoms with Crippen LogP contribution < -0.4 is 10.5 Å². The lowest BCUT2D eigenvalue weighted by Gasteiger charge is -2.27. The number of H-pyrrole nitrogens is 1. The van der Waals surface area contributed by atoms with Crippen LogP contribution in [0.3, 0.4) is 0 Å². The molecule has 2 aliphatic rings. The van der Waals surface area contributed by atoms with Crippen LogP contribution in [0.25, 0.3) is 22.5 Å². The third-order valence-corrected chi connectivity index (χ3v) is 8.74. The Bertz CT molecular complexity index is 1290. The van der Waals surface area contributed by atoms with E-state index in [-0.39, 0.29) is 10.7 Å². The zero-order chi connectivity index (χ0) is 25.1. The predicted molar refractivity (Wildman–Crippen MR) is 140 cm³/mol. The van der Waals surface area contributed by atoms with Gasteiger partial charge < -0.3 is 5.32 Å². The fraction of sp³-hybridized carbons (Fsp3) is 0.462. The van der Waals surface area contributed by atoms with E-state index < -0.39 is 10.0 Å². The molecular formula is C26H33N7O2S. The second-order valence-corrected chi connectivity index (χ2v) is 11.5. The van der Waals surface area contributed by atoms with E-state index in [1.54, 1.807) is 0 Å². The number of sulfonamides is 1. The summed E-state index contributed by atoms with van der Waals surface area (Å²) >= 11 is 0. The van der Waals surface area contributed by atoms with E-state index in [9.17, 15) is 8.42 Å². The minimum atomic E-state index is -4.07. The SMILES string of the molecule is C=NC1CCC(Cc2ccc(-c3ccc(C4CCNCC4)cc3)c(-c3nn[nH]n3)c2S(N)(=O)=O)CC1. The summed E-state index contributed by atoms with van der Waals surface area (Å²) in [5.41, 5.74) is 4.01. The third kappa shape index (κ3) is 5.25. The van der Waals surface area contributed by atoms with E-state index in [2.05, 4.69) is 49.8 Å². The van der Waals surface area contributed by atoms with Gasteiger partial charge in [-0.2, -0.15) is 5.21 Å². The van der Waals surface area contributed by atoms with Crippen molar-refractivity contribution >= 4 is 16.7 Å². The van der Waals surface area contributed by atoms with Gasteiger partial charge in [0.2, 0.25) is 15.8 Å². The molecule has 2 fully saturated rings. The number of hydrogen-bond acceptors (Lipinski definition) is 7. The maximum atomic E-state index is 13.0. The topological polar surface area (TPSA) is 139 Å². The van der Waals surface area contributed by atoms with Crippen LogP contribution in [0.1, 0.15) is 55.6 Å². The van der Waals surface area contributed by atoms with Gasteiger partial charge in [-0.15, -0.1) is 10.2 Å². The quantitative estimate of drug-likeness (QED) is 0.419. The van der Waals surface area contributed by atoms with Gasteiger partial charge in [-0.25, -0.2) is 13.6 Å². The van der Waals surface area contributed by atoms with Crippen molar-refractivity contribution in [2.24, 2.45) is 16.0 Å². The largest absolute Gasteiger partial charge is 0.317 e. The molecule has 0 atom stereocenters. The fourth-order valence-corrected chi connectivity index (χ4v) is 6.78. The second kappa shape index (κ2) is 10.6. The number of aliphatic imine (C=N–C) groups is 1. The molecule has 0 spiro atoms. The third-order valence-electron chi connectivity index (χ3n) is 7.71. The molecule has 0 amide bonds. The standard InChI is InChI=1S/C26H33N7O2S/c1-28-22-9-2-17(3-10-22)16-21-8-11-23(24(25(21)36(27,34)35)26-30-32-33-31-26)20-6-4-18(5-7-20)19-12-14-29-15-13-19/h4-8,11,17,19,22,29H,1-3,9-10,12-16H2,(H2,27,34,35)(H,30,31,32,33). The van der Waals surface area contributed by atoms with Gasteiger partial charge in [0.25, 0.3) is 0 Å². The van der Waals surface area contributed by atoms with Crippen LogP contribution in [0.4, 0.5) is 0 Å². The molecule has 1 saturated carbocycles. The molecular weight excluding hydrogens is 474 g/mol. The highest BCUT2D eigenvalue weighted by atomic mass is 32.2. The maximum absolute atomic E-state index is 13.0. The molecule has 1 saturated heterocycles. The first kappa shape index (κ1) is 24.7. The Hall–Kier alpha value is -2.95. The van der Waals surface area contributed by atoms with Crippen LogP contribution in [0.2, 0.25) is 0 Å². The summed E-state index contributed by atoms with van der Waals surface area (Å²) in [7, 11) is -4.07. The smallest absolute Gasteiger partial charge is 0.239 e. The second-order valence-electron chi connectivity index (χ2n) is 9.96. The zero-order valence-electron chi connectivity index (χ0n) is 20.4. The highest BCUT2D eigenvalue weighted by Gasteiger charge is 2.29. The van der Waals surface area contributed by atoms with Crippen LogP contribution >= 0.6 is 0 Å². The van der Waals surface area contributed by atoms with Crippen molar-refractivity contribution in [1.82, 2.24) is 25.9 Å². The van der Waals surface area contributed by atoms with E-state index >= 15 is 0 Å². The lowest BCUT2D eigenvalue weighted by Crippen LogP contribution is -2.26. The minimum absolute atomic E-state index is 0.0906. The van der Waals surface area contributed by atoms with Crippen LogP contribution in [-0.4, -0.2) is 54.9 Å². The lowest BCUT2D eigenvalue weighted by atomic mass is 9.82. The molecule has 0 bridgehead atoms. The molecule has 1 aliphatic heterocycles. The number of nitrogens with zero attached hydrogens (tertiary/aromatic N) is 4. The van der Waals surface area contributed by atoms with Gasteiger partial charge in [0, 0.05) is 6.04 Å². The molecule has 190 valence electrons. The molecule has 0 radical (unpaired) electrons. The zero-order valence-corrected chi connectivity index (χ0v) is 21.2. The van der Waals surface area contributed by atoms with Crippen LogP contribution in [-0.2, 0) is 16.4 Å². The van der Waals surface area contributed by atoms with Gasteiger partial charge >= 0.3 is 0 Å². The Morgan fingerprint density at radius 3 is 2.33 bits per heavy atom. The number of aromatic amines is 1. The van der Waals surface area contributed by atoms with E-state index in [4.69, 9.17) is 5.14 Å². The average molecular weight is 508 g/mol. The normalized spacial score (nSPS) is 21.4. The van der Waals surface area contributed by atoms with Gasteiger partial charge in [-0.3, -0.25) is 4.99 Å². The number of primary sulfonamides is 1. The number of piperidine rings is 1. The fourth-order valence-electron chi connectivity index (χ4n) is 5.77. The molecule has 9 nitrogen and oxygen atoms in total. The molecule has 1 aliphatic carbocycles. The van der Waals surface area contributed by atoms with Crippen molar-refractivity contribution in [1.29, 1.82) is 0 Å². The summed E-state index contributed by atoms with van der Waals surface area (Å²) in [6.07, 6.45) is 6.74. The Morgan fingerprint density at radius 1 is 1.00 bits per heavy atom. The van der Waals surface area contributed by atoms with Crippen molar-refractivity contribution in [3.05, 3.63) is 47.5 Å². The molecule has 4 N–H and O–H groups in total. The van der Waals surface area contributed by atoms with Crippen LogP contribution in [0.15, 0.2) is 46.3 Å². The maximum Gasteiger partial charge on any atom is 0.239 e. The Balaban J connectivity index is 1.55. The Labute approximate surface area is 212 Å². The van der Waals surface area contributed by atoms with Gasteiger partial charge in [0.1, 0.15) is 0 Å². The van der Waals surface area contributed by atoms with Crippen molar-refractivity contribution in [3.63, 3.8) is 0 Å². The van der Waals surface area contributed by atoms with Gasteiger partial charge in [-0.1, -0.05) is 36.4 Å². The van der Waals surface area contributed by atoms with Crippen LogP contribution in [0.5, 0.6) is 0 Å². The molecule has 36 heavy (non-hydrogen) atoms. The van der Waals surface area contributed by atoms with E-state index in [0.717, 1.165) is 62.7 Å². The minimum Gasteiger partial charge on any atom is -0.317 e. The Kier molecular flexibility index (Phi) is 7.27. The summed E-state index contributed by atoms with van der Waals surface area (Å²) in [4.78, 5) is 4.27. The molecule has 2 aromatic carbocycles. The summed E-state index contributed by atoms with van der Waals surface area (Å²) in [6, 6.07) is 12.5.